The third-order valence-corrected chi connectivity index (χ3v) is 13.1. The molecule has 1 aliphatic heterocycles. The number of benzene rings is 3. The predicted molar refractivity (Wildman–Crippen MR) is 215 cm³/mol. The molecule has 62 heavy (non-hydrogen) atoms. The zero-order chi connectivity index (χ0) is 44.7. The van der Waals surface area contributed by atoms with Gasteiger partial charge in [-0.25, -0.2) is 14.4 Å². The van der Waals surface area contributed by atoms with Crippen LogP contribution in [0.1, 0.15) is 72.9 Å². The van der Waals surface area contributed by atoms with Crippen molar-refractivity contribution in [1.82, 2.24) is 5.32 Å². The summed E-state index contributed by atoms with van der Waals surface area (Å²) in [5.74, 6) is -7.41. The smallest absolute Gasteiger partial charge is 0.456 e. The van der Waals surface area contributed by atoms with Crippen LogP contribution in [0.15, 0.2) is 102 Å². The van der Waals surface area contributed by atoms with Crippen LogP contribution < -0.4 is 5.32 Å². The summed E-state index contributed by atoms with van der Waals surface area (Å²) in [7, 11) is 1.07. The van der Waals surface area contributed by atoms with Gasteiger partial charge >= 0.3 is 24.1 Å². The van der Waals surface area contributed by atoms with E-state index in [4.69, 9.17) is 28.4 Å². The van der Waals surface area contributed by atoms with Crippen LogP contribution in [-0.2, 0) is 42.8 Å². The standard InChI is InChI=1S/C46H49NO15/c1-24-30(60-42(54)35(50)34(27-15-9-6-10-16-27)47-40(52)28-17-11-7-12-18-28)22-45(56)25(2)33(24)36(59-26(3)48)38(51)44(4)31(49)21-32-46(23-58-32,62-43(55)57-5)37(44)39(45)61-41(53)29-19-13-8-14-20-29/h6-20,25,30-32,34-37,39,49-50,56H,21-23H2,1-5H3,(H,47,52)/t25-,30-,31-,32+,34-,35+,36+,37-,39-,44+,45-,46-/m0/s1. The molecule has 3 aliphatic carbocycles. The summed E-state index contributed by atoms with van der Waals surface area (Å²) in [4.78, 5) is 83.2. The number of carbonyl (C=O) groups is 6. The maximum absolute atomic E-state index is 15.4. The van der Waals surface area contributed by atoms with Gasteiger partial charge in [-0.2, -0.15) is 0 Å². The number of aliphatic hydroxyl groups is 3. The SMILES string of the molecule is COC(=O)O[C@@]12CO[C@@H]1C[C@H](O)[C@@]1(C)C(=O)[C@H](OC(C)=O)C3=C(C)[C@@H](OC(=O)[C@H](O)[C@@H](NC(=O)c4ccccc4)c4ccccc4)C[C@](O)([C@H]3C)[C@@H](OC(=O)c3ccccc3)[C@H]21. The summed E-state index contributed by atoms with van der Waals surface area (Å²) in [6.45, 7) is 5.09. The van der Waals surface area contributed by atoms with Gasteiger partial charge in [0.2, 0.25) is 0 Å². The molecular formula is C46H49NO15. The number of amides is 1. The molecule has 328 valence electrons. The van der Waals surface area contributed by atoms with E-state index in [0.717, 1.165) is 14.0 Å². The van der Waals surface area contributed by atoms with Crippen LogP contribution in [0.25, 0.3) is 0 Å². The fraction of sp³-hybridized carbons (Fsp3) is 0.435. The van der Waals surface area contributed by atoms with Gasteiger partial charge in [0, 0.05) is 31.2 Å². The molecule has 0 spiro atoms. The Morgan fingerprint density at radius 3 is 2.05 bits per heavy atom. The molecule has 0 aromatic heterocycles. The quantitative estimate of drug-likeness (QED) is 0.130. The van der Waals surface area contributed by atoms with E-state index in [-0.39, 0.29) is 35.3 Å². The lowest BCUT2D eigenvalue weighted by Gasteiger charge is -2.65. The molecule has 16 heteroatoms. The second-order valence-electron chi connectivity index (χ2n) is 16.5. The van der Waals surface area contributed by atoms with E-state index in [1.165, 1.54) is 32.9 Å². The Balaban J connectivity index is 1.37. The first-order valence-corrected chi connectivity index (χ1v) is 20.2. The van der Waals surface area contributed by atoms with E-state index in [1.54, 1.807) is 78.9 Å². The summed E-state index contributed by atoms with van der Waals surface area (Å²) < 4.78 is 34.8. The van der Waals surface area contributed by atoms with Crippen LogP contribution in [0.2, 0.25) is 0 Å². The van der Waals surface area contributed by atoms with Gasteiger partial charge in [-0.3, -0.25) is 14.4 Å². The third kappa shape index (κ3) is 7.54. The molecule has 3 aromatic rings. The summed E-state index contributed by atoms with van der Waals surface area (Å²) >= 11 is 0. The molecule has 1 heterocycles. The molecule has 4 N–H and O–H groups in total. The highest BCUT2D eigenvalue weighted by molar-refractivity contribution is 5.96. The Hall–Kier alpha value is -5.94. The molecule has 0 unspecified atom stereocenters. The topological polar surface area (TPSA) is 231 Å². The minimum absolute atomic E-state index is 0.00853. The van der Waals surface area contributed by atoms with Crippen molar-refractivity contribution >= 4 is 35.8 Å². The molecular weight excluding hydrogens is 806 g/mol. The van der Waals surface area contributed by atoms with Crippen molar-refractivity contribution in [1.29, 1.82) is 0 Å². The zero-order valence-electron chi connectivity index (χ0n) is 34.7. The number of hydrogen-bond donors (Lipinski definition) is 4. The largest absolute Gasteiger partial charge is 0.508 e. The van der Waals surface area contributed by atoms with Gasteiger partial charge in [0.15, 0.2) is 23.6 Å². The average molecular weight is 856 g/mol. The van der Waals surface area contributed by atoms with Crippen LogP contribution in [0.3, 0.4) is 0 Å². The maximum Gasteiger partial charge on any atom is 0.508 e. The third-order valence-electron chi connectivity index (χ3n) is 13.1. The predicted octanol–water partition coefficient (Wildman–Crippen LogP) is 3.57. The number of nitrogens with one attached hydrogen (secondary N) is 1. The summed E-state index contributed by atoms with van der Waals surface area (Å²) in [6, 6.07) is 22.8. The minimum Gasteiger partial charge on any atom is -0.456 e. The second kappa shape index (κ2) is 17.1. The van der Waals surface area contributed by atoms with Crippen molar-refractivity contribution in [3.8, 4) is 0 Å². The number of esters is 3. The molecule has 2 saturated carbocycles. The number of ether oxygens (including phenoxy) is 6. The lowest BCUT2D eigenvalue weighted by molar-refractivity contribution is -0.341. The van der Waals surface area contributed by atoms with Crippen LogP contribution in [-0.4, -0.2) is 113 Å². The van der Waals surface area contributed by atoms with Crippen molar-refractivity contribution in [3.05, 3.63) is 119 Å². The lowest BCUT2D eigenvalue weighted by atomic mass is 9.47. The van der Waals surface area contributed by atoms with Crippen molar-refractivity contribution in [3.63, 3.8) is 0 Å². The monoisotopic (exact) mass is 855 g/mol. The molecule has 12 atom stereocenters. The molecule has 7 rings (SSSR count). The number of methoxy groups -OCH3 is 1. The average Bonchev–Trinajstić information content (AvgIpc) is 3.26. The fourth-order valence-corrected chi connectivity index (χ4v) is 9.77. The molecule has 1 saturated heterocycles. The fourth-order valence-electron chi connectivity index (χ4n) is 9.77. The van der Waals surface area contributed by atoms with Gasteiger partial charge in [0.05, 0.1) is 42.8 Å². The Kier molecular flexibility index (Phi) is 12.2. The highest BCUT2D eigenvalue weighted by Crippen LogP contribution is 2.62. The van der Waals surface area contributed by atoms with Crippen LogP contribution in [0, 0.1) is 17.3 Å². The Morgan fingerprint density at radius 1 is 0.887 bits per heavy atom. The summed E-state index contributed by atoms with van der Waals surface area (Å²) in [5.41, 5.74) is -5.51. The number of rotatable bonds is 10. The molecule has 1 amide bonds. The molecule has 16 nitrogen and oxygen atoms in total. The molecule has 3 fully saturated rings. The second-order valence-corrected chi connectivity index (χ2v) is 16.5. The van der Waals surface area contributed by atoms with E-state index < -0.39 is 113 Å². The van der Waals surface area contributed by atoms with E-state index in [0.29, 0.717) is 5.56 Å². The maximum atomic E-state index is 15.4. The van der Waals surface area contributed by atoms with Gasteiger partial charge < -0.3 is 49.1 Å². The van der Waals surface area contributed by atoms with Gasteiger partial charge in [-0.05, 0) is 54.8 Å². The van der Waals surface area contributed by atoms with Crippen molar-refractivity contribution in [2.75, 3.05) is 13.7 Å². The van der Waals surface area contributed by atoms with E-state index in [2.05, 4.69) is 5.32 Å². The van der Waals surface area contributed by atoms with Gasteiger partial charge in [-0.1, -0.05) is 73.7 Å². The molecule has 3 aromatic carbocycles. The van der Waals surface area contributed by atoms with Crippen molar-refractivity contribution < 1.29 is 72.5 Å². The number of ketones is 1. The van der Waals surface area contributed by atoms with Crippen LogP contribution in [0.4, 0.5) is 4.79 Å². The normalized spacial score (nSPS) is 32.1. The summed E-state index contributed by atoms with van der Waals surface area (Å²) in [5, 5.41) is 39.9. The van der Waals surface area contributed by atoms with Gasteiger partial charge in [-0.15, -0.1) is 0 Å². The molecule has 2 bridgehead atoms. The first-order valence-electron chi connectivity index (χ1n) is 20.2. The number of Topliss-reactive ketones (excluding diaryl/α,β-unsaturated/α-hetero) is 1. The van der Waals surface area contributed by atoms with E-state index in [1.807, 2.05) is 0 Å². The number of fused-ring (bicyclic) bond motifs is 5. The Bertz CT molecular complexity index is 2250. The molecule has 0 radical (unpaired) electrons. The zero-order valence-corrected chi connectivity index (χ0v) is 34.7. The molecule has 4 aliphatic rings. The lowest BCUT2D eigenvalue weighted by Crippen LogP contribution is -2.81. The number of hydrogen-bond acceptors (Lipinski definition) is 15. The highest BCUT2D eigenvalue weighted by atomic mass is 16.8. The summed E-state index contributed by atoms with van der Waals surface area (Å²) in [6.07, 6.45) is -11.9. The first kappa shape index (κ1) is 44.1. The number of aliphatic hydroxyl groups excluding tert-OH is 2. The van der Waals surface area contributed by atoms with Crippen LogP contribution in [0.5, 0.6) is 0 Å². The Labute approximate surface area is 357 Å². The highest BCUT2D eigenvalue weighted by Gasteiger charge is 2.77. The first-order chi connectivity index (χ1) is 29.5. The van der Waals surface area contributed by atoms with E-state index in [9.17, 15) is 39.3 Å². The van der Waals surface area contributed by atoms with Crippen molar-refractivity contribution in [2.45, 2.75) is 94.4 Å². The van der Waals surface area contributed by atoms with E-state index >= 15 is 4.79 Å². The van der Waals surface area contributed by atoms with Crippen LogP contribution >= 0.6 is 0 Å². The Morgan fingerprint density at radius 2 is 1.48 bits per heavy atom. The minimum atomic E-state index is -2.37. The van der Waals surface area contributed by atoms with Gasteiger partial charge in [0.1, 0.15) is 23.9 Å². The number of carbonyl (C=O) groups excluding carboxylic acids is 6. The van der Waals surface area contributed by atoms with Crippen molar-refractivity contribution in [2.24, 2.45) is 17.3 Å². The van der Waals surface area contributed by atoms with Gasteiger partial charge in [0.25, 0.3) is 5.91 Å².